The van der Waals surface area contributed by atoms with Gasteiger partial charge in [0.25, 0.3) is 0 Å². The summed E-state index contributed by atoms with van der Waals surface area (Å²) in [5.74, 6) is 0. The molecule has 0 aliphatic heterocycles. The van der Waals surface area contributed by atoms with E-state index >= 15 is 0 Å². The van der Waals surface area contributed by atoms with Gasteiger partial charge in [-0.05, 0) is 20.3 Å². The number of rotatable bonds is 3. The van der Waals surface area contributed by atoms with Gasteiger partial charge in [0.15, 0.2) is 0 Å². The average Bonchev–Trinajstić information content (AvgIpc) is 3.09. The highest BCUT2D eigenvalue weighted by Crippen LogP contribution is 2.37. The van der Waals surface area contributed by atoms with E-state index in [2.05, 4.69) is 65.3 Å². The molecule has 0 saturated heterocycles. The Balaban J connectivity index is 1.91. The molecule has 0 bridgehead atoms. The molecule has 0 amide bonds. The number of benzene rings is 3. The number of nitrogens with zero attached hydrogens (tertiary/aromatic N) is 2. The molecular weight excluding hydrogens is 299 g/mol. The first-order valence-electron chi connectivity index (χ1n) is 7.55. The molecule has 0 aliphatic rings. The Labute approximate surface area is 137 Å². The number of hydrogen-bond acceptors (Lipinski definition) is 1. The van der Waals surface area contributed by atoms with E-state index in [1.54, 1.807) is 0 Å². The maximum absolute atomic E-state index is 4.89. The van der Waals surface area contributed by atoms with Crippen LogP contribution in [0.4, 0.5) is 0 Å². The van der Waals surface area contributed by atoms with Gasteiger partial charge in [-0.3, -0.25) is 0 Å². The topological polar surface area (TPSA) is 17.8 Å². The van der Waals surface area contributed by atoms with Crippen LogP contribution in [0.3, 0.4) is 0 Å². The maximum Gasteiger partial charge on any atom is 0.120 e. The summed E-state index contributed by atoms with van der Waals surface area (Å²) < 4.78 is 2.05. The van der Waals surface area contributed by atoms with Crippen LogP contribution in [0.25, 0.3) is 27.7 Å². The van der Waals surface area contributed by atoms with Gasteiger partial charge in [0.2, 0.25) is 0 Å². The minimum atomic E-state index is 1.08. The van der Waals surface area contributed by atoms with Crippen molar-refractivity contribution in [2.45, 2.75) is 0 Å². The molecule has 0 spiro atoms. The lowest BCUT2D eigenvalue weighted by Crippen LogP contribution is -1.98. The van der Waals surface area contributed by atoms with E-state index in [9.17, 15) is 0 Å². The van der Waals surface area contributed by atoms with E-state index in [0.717, 1.165) is 19.3 Å². The zero-order chi connectivity index (χ0) is 15.5. The van der Waals surface area contributed by atoms with Gasteiger partial charge in [-0.2, -0.15) is 5.10 Å². The van der Waals surface area contributed by atoms with Crippen molar-refractivity contribution in [3.8, 4) is 27.7 Å². The summed E-state index contributed by atoms with van der Waals surface area (Å²) in [5, 5.41) is 4.89. The van der Waals surface area contributed by atoms with Crippen molar-refractivity contribution in [3.63, 3.8) is 0 Å². The van der Waals surface area contributed by atoms with E-state index in [1.807, 2.05) is 30.3 Å². The molecule has 4 rings (SSSR count). The van der Waals surface area contributed by atoms with Crippen molar-refractivity contribution in [2.75, 3.05) is 0 Å². The lowest BCUT2D eigenvalue weighted by molar-refractivity contribution is 0.892. The zero-order valence-electron chi connectivity index (χ0n) is 12.5. The zero-order valence-corrected chi connectivity index (χ0v) is 13.4. The minimum Gasteiger partial charge on any atom is -0.228 e. The predicted molar refractivity (Wildman–Crippen MR) is 96.9 cm³/mol. The van der Waals surface area contributed by atoms with Gasteiger partial charge in [0, 0.05) is 11.1 Å². The number of hydrogen-bond donors (Lipinski definition) is 0. The highest BCUT2D eigenvalue weighted by atomic mass is 31.0. The molecule has 1 heterocycles. The fourth-order valence-electron chi connectivity index (χ4n) is 2.54. The van der Waals surface area contributed by atoms with E-state index in [1.165, 1.54) is 16.6 Å². The number of aromatic nitrogens is 2. The molecule has 4 aromatic rings. The Hall–Kier alpha value is -2.70. The molecule has 0 radical (unpaired) electrons. The van der Waals surface area contributed by atoms with Crippen molar-refractivity contribution in [1.29, 1.82) is 0 Å². The van der Waals surface area contributed by atoms with Gasteiger partial charge in [-0.15, -0.1) is 0 Å². The fourth-order valence-corrected chi connectivity index (χ4v) is 3.69. The van der Waals surface area contributed by atoms with E-state index in [-0.39, 0.29) is 0 Å². The van der Waals surface area contributed by atoms with Crippen LogP contribution in [-0.4, -0.2) is 9.78 Å². The second-order valence-corrected chi connectivity index (χ2v) is 6.31. The van der Waals surface area contributed by atoms with Crippen LogP contribution in [0.2, 0.25) is 0 Å². The van der Waals surface area contributed by atoms with Crippen molar-refractivity contribution < 1.29 is 0 Å². The Morgan fingerprint density at radius 2 is 1.13 bits per heavy atom. The molecule has 0 unspecified atom stereocenters. The van der Waals surface area contributed by atoms with Gasteiger partial charge in [0.05, 0.1) is 5.69 Å². The van der Waals surface area contributed by atoms with E-state index in [4.69, 9.17) is 5.10 Å². The number of para-hydroxylation sites is 1. The summed E-state index contributed by atoms with van der Waals surface area (Å²) in [4.78, 5) is 0. The first kappa shape index (κ1) is 13.9. The first-order chi connectivity index (χ1) is 11.4. The summed E-state index contributed by atoms with van der Waals surface area (Å²) in [7, 11) is 1.13. The molecule has 110 valence electrons. The summed E-state index contributed by atoms with van der Waals surface area (Å²) in [6, 6.07) is 31.1. The molecular formula is C20H15N2P. The van der Waals surface area contributed by atoms with Gasteiger partial charge in [-0.1, -0.05) is 78.9 Å². The average molecular weight is 314 g/mol. The lowest BCUT2D eigenvalue weighted by atomic mass is 10.2. The quantitative estimate of drug-likeness (QED) is 0.468. The molecule has 0 atom stereocenters. The Kier molecular flexibility index (Phi) is 3.75. The minimum absolute atomic E-state index is 1.08. The van der Waals surface area contributed by atoms with Crippen LogP contribution in [-0.2, 0) is 0 Å². The van der Waals surface area contributed by atoms with Gasteiger partial charge >= 0.3 is 0 Å². The SMILES string of the molecule is c1ccc(-c2nn(-c3ccccc3)c(-c3ccccc3)p2)cc1. The smallest absolute Gasteiger partial charge is 0.120 e. The van der Waals surface area contributed by atoms with Crippen molar-refractivity contribution in [2.24, 2.45) is 0 Å². The third kappa shape index (κ3) is 2.81. The normalized spacial score (nSPS) is 11.0. The largest absolute Gasteiger partial charge is 0.228 e. The van der Waals surface area contributed by atoms with Crippen LogP contribution in [0.1, 0.15) is 0 Å². The van der Waals surface area contributed by atoms with Crippen molar-refractivity contribution in [3.05, 3.63) is 91.0 Å². The second-order valence-electron chi connectivity index (χ2n) is 5.24. The van der Waals surface area contributed by atoms with Gasteiger partial charge in [-0.25, -0.2) is 4.68 Å². The predicted octanol–water partition coefficient (Wildman–Crippen LogP) is 5.79. The second kappa shape index (κ2) is 6.20. The van der Waals surface area contributed by atoms with Crippen LogP contribution in [0, 0.1) is 0 Å². The van der Waals surface area contributed by atoms with E-state index in [0.29, 0.717) is 0 Å². The standard InChI is InChI=1S/C20H15N2P/c1-4-10-16(11-5-1)19-21-22(18-14-8-3-9-15-18)20(23-19)17-12-6-2-7-13-17/h1-15H. The van der Waals surface area contributed by atoms with Crippen molar-refractivity contribution in [1.82, 2.24) is 9.78 Å². The Morgan fingerprint density at radius 1 is 0.609 bits per heavy atom. The van der Waals surface area contributed by atoms with Crippen LogP contribution < -0.4 is 0 Å². The highest BCUT2D eigenvalue weighted by molar-refractivity contribution is 7.37. The Bertz CT molecular complexity index is 843. The molecule has 23 heavy (non-hydrogen) atoms. The highest BCUT2D eigenvalue weighted by Gasteiger charge is 2.13. The molecule has 0 saturated carbocycles. The summed E-state index contributed by atoms with van der Waals surface area (Å²) >= 11 is 0. The van der Waals surface area contributed by atoms with Crippen molar-refractivity contribution >= 4 is 8.19 Å². The summed E-state index contributed by atoms with van der Waals surface area (Å²) in [6.07, 6.45) is 0. The molecule has 0 fully saturated rings. The molecule has 0 aliphatic carbocycles. The molecule has 3 heteroatoms. The van der Waals surface area contributed by atoms with E-state index < -0.39 is 0 Å². The maximum atomic E-state index is 4.89. The fraction of sp³-hybridized carbons (Fsp3) is 0. The van der Waals surface area contributed by atoms with Crippen LogP contribution in [0.5, 0.6) is 0 Å². The Morgan fingerprint density at radius 3 is 1.74 bits per heavy atom. The van der Waals surface area contributed by atoms with Crippen LogP contribution in [0.15, 0.2) is 91.0 Å². The van der Waals surface area contributed by atoms with Crippen LogP contribution >= 0.6 is 8.19 Å². The van der Waals surface area contributed by atoms with Gasteiger partial charge in [0.1, 0.15) is 10.9 Å². The lowest BCUT2D eigenvalue weighted by Gasteiger charge is -2.06. The summed E-state index contributed by atoms with van der Waals surface area (Å²) in [5.41, 5.74) is 5.72. The first-order valence-corrected chi connectivity index (χ1v) is 8.44. The monoisotopic (exact) mass is 314 g/mol. The molecule has 3 aromatic carbocycles. The molecule has 2 nitrogen and oxygen atoms in total. The van der Waals surface area contributed by atoms with Gasteiger partial charge < -0.3 is 0 Å². The molecule has 1 aromatic heterocycles. The third-order valence-electron chi connectivity index (χ3n) is 3.67. The molecule has 0 N–H and O–H groups in total. The summed E-state index contributed by atoms with van der Waals surface area (Å²) in [6.45, 7) is 0. The third-order valence-corrected chi connectivity index (χ3v) is 4.89.